The minimum absolute atomic E-state index is 1.14. The fourth-order valence-corrected chi connectivity index (χ4v) is 0.825. The summed E-state index contributed by atoms with van der Waals surface area (Å²) in [6.07, 6.45) is 0. The molecule has 0 heterocycles. The highest BCUT2D eigenvalue weighted by atomic mass is 15.4. The molecule has 0 aliphatic heterocycles. The van der Waals surface area contributed by atoms with Crippen LogP contribution >= 0.6 is 0 Å². The molecule has 0 amide bonds. The molecule has 0 spiro atoms. The van der Waals surface area contributed by atoms with E-state index in [1.165, 1.54) is 0 Å². The summed E-state index contributed by atoms with van der Waals surface area (Å²) >= 11 is 0. The molecule has 11 heavy (non-hydrogen) atoms. The Morgan fingerprint density at radius 1 is 0.909 bits per heavy atom. The van der Waals surface area contributed by atoms with Crippen LogP contribution in [0.25, 0.3) is 0 Å². The Balaban J connectivity index is 4.85. The van der Waals surface area contributed by atoms with E-state index in [0.29, 0.717) is 0 Å². The highest BCUT2D eigenvalue weighted by molar-refractivity contribution is 5.19. The molecule has 0 aromatic carbocycles. The summed E-state index contributed by atoms with van der Waals surface area (Å²) in [5.41, 5.74) is -1.14. The molecule has 0 aromatic rings. The van der Waals surface area contributed by atoms with E-state index in [1.807, 2.05) is 12.1 Å². The van der Waals surface area contributed by atoms with Gasteiger partial charge in [-0.05, 0) is 28.2 Å². The van der Waals surface area contributed by atoms with Crippen LogP contribution in [0.1, 0.15) is 0 Å². The van der Waals surface area contributed by atoms with Gasteiger partial charge in [-0.2, -0.15) is 10.5 Å². The van der Waals surface area contributed by atoms with Gasteiger partial charge in [-0.15, -0.1) is 0 Å². The summed E-state index contributed by atoms with van der Waals surface area (Å²) in [5.74, 6) is 0. The predicted molar refractivity (Wildman–Crippen MR) is 41.3 cm³/mol. The Morgan fingerprint density at radius 2 is 1.18 bits per heavy atom. The highest BCUT2D eigenvalue weighted by Crippen LogP contribution is 2.11. The van der Waals surface area contributed by atoms with Crippen molar-refractivity contribution < 1.29 is 0 Å². The molecule has 0 N–H and O–H groups in total. The number of rotatable bonds is 2. The van der Waals surface area contributed by atoms with Crippen molar-refractivity contribution in [1.29, 1.82) is 10.5 Å². The largest absolute Gasteiger partial charge is 0.267 e. The summed E-state index contributed by atoms with van der Waals surface area (Å²) < 4.78 is 0. The molecule has 0 unspecified atom stereocenters. The summed E-state index contributed by atoms with van der Waals surface area (Å²) in [6.45, 7) is 0. The quantitative estimate of drug-likeness (QED) is 0.516. The zero-order valence-electron chi connectivity index (χ0n) is 7.29. The maximum atomic E-state index is 8.76. The van der Waals surface area contributed by atoms with E-state index >= 15 is 0 Å². The molecule has 0 fully saturated rings. The molecular formula is C7H12N4. The van der Waals surface area contributed by atoms with Gasteiger partial charge < -0.3 is 0 Å². The van der Waals surface area contributed by atoms with Crippen molar-refractivity contribution in [3.63, 3.8) is 0 Å². The molecule has 0 aliphatic carbocycles. The Morgan fingerprint density at radius 3 is 1.18 bits per heavy atom. The topological polar surface area (TPSA) is 54.1 Å². The first kappa shape index (κ1) is 9.90. The molecule has 0 atom stereocenters. The van der Waals surface area contributed by atoms with Gasteiger partial charge in [0.05, 0.1) is 0 Å². The van der Waals surface area contributed by atoms with E-state index in [1.54, 1.807) is 38.0 Å². The third-order valence-electron chi connectivity index (χ3n) is 1.61. The molecule has 0 rings (SSSR count). The van der Waals surface area contributed by atoms with E-state index in [4.69, 9.17) is 10.5 Å². The van der Waals surface area contributed by atoms with Crippen LogP contribution in [0.5, 0.6) is 0 Å². The van der Waals surface area contributed by atoms with Crippen LogP contribution < -0.4 is 0 Å². The highest BCUT2D eigenvalue weighted by Gasteiger charge is 2.35. The van der Waals surface area contributed by atoms with E-state index in [-0.39, 0.29) is 0 Å². The predicted octanol–water partition coefficient (Wildman–Crippen LogP) is -0.147. The first-order valence-corrected chi connectivity index (χ1v) is 3.18. The number of nitrogens with zero attached hydrogens (tertiary/aromatic N) is 4. The number of hydrogen-bond donors (Lipinski definition) is 0. The lowest BCUT2D eigenvalue weighted by Crippen LogP contribution is -2.52. The van der Waals surface area contributed by atoms with E-state index < -0.39 is 5.66 Å². The maximum absolute atomic E-state index is 8.76. The Hall–Kier alpha value is -1.10. The Kier molecular flexibility index (Phi) is 3.00. The van der Waals surface area contributed by atoms with E-state index in [9.17, 15) is 0 Å². The van der Waals surface area contributed by atoms with Gasteiger partial charge in [0.25, 0.3) is 5.66 Å². The van der Waals surface area contributed by atoms with Crippen molar-refractivity contribution >= 4 is 0 Å². The average Bonchev–Trinajstić information content (AvgIpc) is 1.90. The van der Waals surface area contributed by atoms with Crippen LogP contribution in [-0.2, 0) is 0 Å². The normalized spacial score (nSPS) is 11.3. The van der Waals surface area contributed by atoms with Gasteiger partial charge in [0.1, 0.15) is 12.1 Å². The van der Waals surface area contributed by atoms with Crippen LogP contribution in [0.15, 0.2) is 0 Å². The smallest absolute Gasteiger partial charge is 0.251 e. The van der Waals surface area contributed by atoms with Crippen molar-refractivity contribution in [2.45, 2.75) is 5.66 Å². The summed E-state index contributed by atoms with van der Waals surface area (Å²) in [5, 5.41) is 17.5. The van der Waals surface area contributed by atoms with Crippen LogP contribution in [0, 0.1) is 22.7 Å². The third kappa shape index (κ3) is 1.48. The van der Waals surface area contributed by atoms with Gasteiger partial charge in [-0.3, -0.25) is 9.80 Å². The maximum Gasteiger partial charge on any atom is 0.251 e. The first-order chi connectivity index (χ1) is 5.01. The second kappa shape index (κ2) is 3.34. The van der Waals surface area contributed by atoms with Gasteiger partial charge in [-0.1, -0.05) is 0 Å². The minimum atomic E-state index is -1.14. The summed E-state index contributed by atoms with van der Waals surface area (Å²) in [6, 6.07) is 3.91. The monoisotopic (exact) mass is 152 g/mol. The molecular weight excluding hydrogens is 140 g/mol. The molecule has 0 saturated heterocycles. The lowest BCUT2D eigenvalue weighted by molar-refractivity contribution is 0.112. The fourth-order valence-electron chi connectivity index (χ4n) is 0.825. The van der Waals surface area contributed by atoms with E-state index in [2.05, 4.69) is 0 Å². The molecule has 0 saturated carbocycles. The van der Waals surface area contributed by atoms with Crippen molar-refractivity contribution in [1.82, 2.24) is 9.80 Å². The van der Waals surface area contributed by atoms with Crippen LogP contribution in [0.4, 0.5) is 0 Å². The summed E-state index contributed by atoms with van der Waals surface area (Å²) in [7, 11) is 6.80. The lowest BCUT2D eigenvalue weighted by Gasteiger charge is -2.32. The van der Waals surface area contributed by atoms with Gasteiger partial charge in [0.2, 0.25) is 0 Å². The number of hydrogen-bond acceptors (Lipinski definition) is 4. The molecule has 4 nitrogen and oxygen atoms in total. The first-order valence-electron chi connectivity index (χ1n) is 3.18. The summed E-state index contributed by atoms with van der Waals surface area (Å²) in [4.78, 5) is 3.15. The molecule has 60 valence electrons. The standard InChI is InChI=1S/C7H12N4/c1-10(2)7(5-8,6-9)11(3)4/h1-4H3. The molecule has 0 aromatic heterocycles. The second-order valence-corrected chi connectivity index (χ2v) is 2.68. The molecule has 0 radical (unpaired) electrons. The second-order valence-electron chi connectivity index (χ2n) is 2.68. The van der Waals surface area contributed by atoms with E-state index in [0.717, 1.165) is 0 Å². The van der Waals surface area contributed by atoms with Crippen LogP contribution in [-0.4, -0.2) is 43.7 Å². The van der Waals surface area contributed by atoms with Gasteiger partial charge in [0, 0.05) is 0 Å². The minimum Gasteiger partial charge on any atom is -0.267 e. The van der Waals surface area contributed by atoms with Gasteiger partial charge in [0.15, 0.2) is 0 Å². The molecule has 4 heteroatoms. The van der Waals surface area contributed by atoms with Crippen LogP contribution in [0.3, 0.4) is 0 Å². The SMILES string of the molecule is CN(C)C(C#N)(C#N)N(C)C. The van der Waals surface area contributed by atoms with Crippen molar-refractivity contribution in [2.24, 2.45) is 0 Å². The average molecular weight is 152 g/mol. The van der Waals surface area contributed by atoms with Crippen LogP contribution in [0.2, 0.25) is 0 Å². The zero-order valence-corrected chi connectivity index (χ0v) is 7.29. The van der Waals surface area contributed by atoms with Gasteiger partial charge in [-0.25, -0.2) is 0 Å². The molecule has 0 bridgehead atoms. The molecule has 0 aliphatic rings. The van der Waals surface area contributed by atoms with Crippen molar-refractivity contribution in [3.05, 3.63) is 0 Å². The van der Waals surface area contributed by atoms with Crippen molar-refractivity contribution in [3.8, 4) is 12.1 Å². The van der Waals surface area contributed by atoms with Crippen molar-refractivity contribution in [2.75, 3.05) is 28.2 Å². The number of nitriles is 2. The van der Waals surface area contributed by atoms with Gasteiger partial charge >= 0.3 is 0 Å². The third-order valence-corrected chi connectivity index (χ3v) is 1.61. The lowest BCUT2D eigenvalue weighted by atomic mass is 10.2. The Labute approximate surface area is 67.2 Å². The Bertz CT molecular complexity index is 181. The zero-order chi connectivity index (χ0) is 9.07. The fraction of sp³-hybridized carbons (Fsp3) is 0.714.